The van der Waals surface area contributed by atoms with E-state index in [4.69, 9.17) is 4.74 Å². The van der Waals surface area contributed by atoms with Crippen LogP contribution < -0.4 is 10.1 Å². The Hall–Kier alpha value is -3.41. The summed E-state index contributed by atoms with van der Waals surface area (Å²) in [7, 11) is 0. The largest absolute Gasteiger partial charge is 0.415 e. The second-order valence-corrected chi connectivity index (χ2v) is 10.1. The molecule has 0 bridgehead atoms. The Morgan fingerprint density at radius 1 is 1.00 bits per heavy atom. The molecule has 0 atom stereocenters. The van der Waals surface area contributed by atoms with E-state index in [0.29, 0.717) is 30.8 Å². The Morgan fingerprint density at radius 3 is 2.46 bits per heavy atom. The number of rotatable bonds is 6. The fourth-order valence-corrected chi connectivity index (χ4v) is 4.25. The number of carbonyl (C=O) groups is 1. The normalized spacial score (nSPS) is 13.1. The number of benzene rings is 3. The monoisotopic (exact) mass is 478 g/mol. The Labute approximate surface area is 205 Å². The summed E-state index contributed by atoms with van der Waals surface area (Å²) in [5, 5.41) is 3.34. The number of hydrogen-bond donors (Lipinski definition) is 1. The van der Waals surface area contributed by atoms with Gasteiger partial charge in [0.05, 0.1) is 5.69 Å². The molecule has 0 saturated heterocycles. The molecule has 0 aliphatic carbocycles. The van der Waals surface area contributed by atoms with E-state index in [1.807, 2.05) is 24.3 Å². The van der Waals surface area contributed by atoms with Gasteiger partial charge in [0.15, 0.2) is 17.4 Å². The van der Waals surface area contributed by atoms with Crippen LogP contribution in [0.3, 0.4) is 0 Å². The Morgan fingerprint density at radius 2 is 1.74 bits per heavy atom. The van der Waals surface area contributed by atoms with Crippen LogP contribution in [0.4, 0.5) is 19.3 Å². The summed E-state index contributed by atoms with van der Waals surface area (Å²) >= 11 is 0. The van der Waals surface area contributed by atoms with Gasteiger partial charge in [0.25, 0.3) is 0 Å². The van der Waals surface area contributed by atoms with Crippen molar-refractivity contribution in [1.82, 2.24) is 4.90 Å². The number of aryl methyl sites for hydroxylation is 1. The number of para-hydroxylation sites is 1. The average Bonchev–Trinajstić information content (AvgIpc) is 2.83. The zero-order valence-corrected chi connectivity index (χ0v) is 20.5. The first-order chi connectivity index (χ1) is 16.7. The van der Waals surface area contributed by atoms with Gasteiger partial charge in [-0.1, -0.05) is 63.2 Å². The fourth-order valence-electron chi connectivity index (χ4n) is 4.25. The molecule has 0 saturated carbocycles. The highest BCUT2D eigenvalue weighted by Gasteiger charge is 2.21. The quantitative estimate of drug-likeness (QED) is 0.421. The second kappa shape index (κ2) is 10.5. The minimum absolute atomic E-state index is 0.0310. The van der Waals surface area contributed by atoms with Crippen LogP contribution in [0.1, 0.15) is 49.4 Å². The van der Waals surface area contributed by atoms with E-state index in [1.54, 1.807) is 11.0 Å². The molecule has 0 radical (unpaired) electrons. The first kappa shape index (κ1) is 24.7. The molecule has 184 valence electrons. The van der Waals surface area contributed by atoms with Gasteiger partial charge in [-0.05, 0) is 65.1 Å². The first-order valence-corrected chi connectivity index (χ1v) is 12.1. The van der Waals surface area contributed by atoms with Gasteiger partial charge in [-0.15, -0.1) is 0 Å². The third-order valence-corrected chi connectivity index (χ3v) is 6.34. The fraction of sp³-hybridized carbons (Fsp3) is 0.345. The lowest BCUT2D eigenvalue weighted by atomic mass is 9.87. The standard InChI is InChI=1S/C29H32F2N2O2/c1-29(2,3)23-12-9-21(10-13-23)19-33(17-15-20-11-14-24(30)25(31)18-20)28(34)35-26-8-4-6-22-7-5-16-32-27(22)26/h4,6,8-14,18,32H,5,7,15-17,19H2,1-3H3. The van der Waals surface area contributed by atoms with Gasteiger partial charge in [0.2, 0.25) is 0 Å². The number of halogens is 2. The van der Waals surface area contributed by atoms with Gasteiger partial charge in [-0.3, -0.25) is 0 Å². The second-order valence-electron chi connectivity index (χ2n) is 10.1. The third-order valence-electron chi connectivity index (χ3n) is 6.34. The van der Waals surface area contributed by atoms with E-state index in [0.717, 1.165) is 42.3 Å². The van der Waals surface area contributed by atoms with Crippen LogP contribution in [0, 0.1) is 11.6 Å². The van der Waals surface area contributed by atoms with Crippen molar-refractivity contribution in [3.63, 3.8) is 0 Å². The Balaban J connectivity index is 1.54. The van der Waals surface area contributed by atoms with Crippen molar-refractivity contribution in [1.29, 1.82) is 0 Å². The molecule has 0 aromatic heterocycles. The van der Waals surface area contributed by atoms with Gasteiger partial charge in [-0.2, -0.15) is 0 Å². The highest BCUT2D eigenvalue weighted by atomic mass is 19.2. The van der Waals surface area contributed by atoms with Crippen molar-refractivity contribution in [2.24, 2.45) is 0 Å². The number of ether oxygens (including phenoxy) is 1. The van der Waals surface area contributed by atoms with E-state index in [2.05, 4.69) is 38.2 Å². The molecule has 4 rings (SSSR count). The summed E-state index contributed by atoms with van der Waals surface area (Å²) in [5.74, 6) is -1.27. The maximum Gasteiger partial charge on any atom is 0.415 e. The number of hydrogen-bond acceptors (Lipinski definition) is 3. The van der Waals surface area contributed by atoms with Gasteiger partial charge >= 0.3 is 6.09 Å². The van der Waals surface area contributed by atoms with Crippen LogP contribution >= 0.6 is 0 Å². The van der Waals surface area contributed by atoms with Crippen molar-refractivity contribution < 1.29 is 18.3 Å². The SMILES string of the molecule is CC(C)(C)c1ccc(CN(CCc2ccc(F)c(F)c2)C(=O)Oc2cccc3c2NCCC3)cc1. The molecule has 3 aromatic rings. The van der Waals surface area contributed by atoms with Crippen LogP contribution in [0.25, 0.3) is 0 Å². The number of carbonyl (C=O) groups excluding carboxylic acids is 1. The van der Waals surface area contributed by atoms with Crippen molar-refractivity contribution >= 4 is 11.8 Å². The summed E-state index contributed by atoms with van der Waals surface area (Å²) in [6.07, 6.45) is 1.87. The van der Waals surface area contributed by atoms with E-state index >= 15 is 0 Å². The molecule has 4 nitrogen and oxygen atoms in total. The summed E-state index contributed by atoms with van der Waals surface area (Å²) in [5.41, 5.74) is 4.81. The minimum atomic E-state index is -0.892. The van der Waals surface area contributed by atoms with Crippen LogP contribution in [0.15, 0.2) is 60.7 Å². The topological polar surface area (TPSA) is 41.6 Å². The van der Waals surface area contributed by atoms with Gasteiger partial charge in [0.1, 0.15) is 0 Å². The van der Waals surface area contributed by atoms with Crippen molar-refractivity contribution in [2.75, 3.05) is 18.4 Å². The molecule has 6 heteroatoms. The molecule has 1 amide bonds. The van der Waals surface area contributed by atoms with Crippen molar-refractivity contribution in [2.45, 2.75) is 52.0 Å². The average molecular weight is 479 g/mol. The zero-order valence-electron chi connectivity index (χ0n) is 20.5. The molecule has 1 heterocycles. The number of anilines is 1. The smallest absolute Gasteiger partial charge is 0.408 e. The lowest BCUT2D eigenvalue weighted by molar-refractivity contribution is 0.150. The van der Waals surface area contributed by atoms with Crippen molar-refractivity contribution in [3.8, 4) is 5.75 Å². The highest BCUT2D eigenvalue weighted by Crippen LogP contribution is 2.32. The van der Waals surface area contributed by atoms with Crippen LogP contribution in [-0.4, -0.2) is 24.1 Å². The maximum absolute atomic E-state index is 13.7. The molecule has 1 aliphatic heterocycles. The number of amides is 1. The zero-order chi connectivity index (χ0) is 25.0. The molecular weight excluding hydrogens is 446 g/mol. The molecule has 0 unspecified atom stereocenters. The lowest BCUT2D eigenvalue weighted by Crippen LogP contribution is -2.35. The number of fused-ring (bicyclic) bond motifs is 1. The highest BCUT2D eigenvalue weighted by molar-refractivity contribution is 5.75. The Kier molecular flexibility index (Phi) is 7.39. The summed E-state index contributed by atoms with van der Waals surface area (Å²) in [6.45, 7) is 7.94. The minimum Gasteiger partial charge on any atom is -0.408 e. The van der Waals surface area contributed by atoms with Gasteiger partial charge < -0.3 is 15.0 Å². The van der Waals surface area contributed by atoms with Crippen LogP contribution in [-0.2, 0) is 24.8 Å². The molecule has 35 heavy (non-hydrogen) atoms. The van der Waals surface area contributed by atoms with E-state index in [9.17, 15) is 13.6 Å². The summed E-state index contributed by atoms with van der Waals surface area (Å²) < 4.78 is 32.9. The summed E-state index contributed by atoms with van der Waals surface area (Å²) in [6, 6.07) is 17.7. The molecule has 1 N–H and O–H groups in total. The predicted octanol–water partition coefficient (Wildman–Crippen LogP) is 6.86. The molecule has 3 aromatic carbocycles. The van der Waals surface area contributed by atoms with E-state index in [1.165, 1.54) is 17.7 Å². The van der Waals surface area contributed by atoms with E-state index in [-0.39, 0.29) is 5.41 Å². The van der Waals surface area contributed by atoms with Crippen molar-refractivity contribution in [3.05, 3.63) is 94.6 Å². The maximum atomic E-state index is 13.7. The number of nitrogens with zero attached hydrogens (tertiary/aromatic N) is 1. The van der Waals surface area contributed by atoms with Crippen LogP contribution in [0.2, 0.25) is 0 Å². The van der Waals surface area contributed by atoms with Gasteiger partial charge in [0, 0.05) is 19.6 Å². The first-order valence-electron chi connectivity index (χ1n) is 12.1. The molecule has 0 spiro atoms. The molecule has 0 fully saturated rings. The number of nitrogens with one attached hydrogen (secondary N) is 1. The Bertz CT molecular complexity index is 1190. The van der Waals surface area contributed by atoms with Gasteiger partial charge in [-0.25, -0.2) is 13.6 Å². The third kappa shape index (κ3) is 6.18. The van der Waals surface area contributed by atoms with Crippen LogP contribution in [0.5, 0.6) is 5.75 Å². The molecule has 1 aliphatic rings. The van der Waals surface area contributed by atoms with E-state index < -0.39 is 17.7 Å². The molecular formula is C29H32F2N2O2. The predicted molar refractivity (Wildman–Crippen MR) is 135 cm³/mol. The lowest BCUT2D eigenvalue weighted by Gasteiger charge is -2.25. The summed E-state index contributed by atoms with van der Waals surface area (Å²) in [4.78, 5) is 14.9.